The SMILES string of the molecule is CNC(=O)NCNC(=O)NCNC(=O)NCNC(=O)NC. The highest BCUT2D eigenvalue weighted by atomic mass is 16.2. The van der Waals surface area contributed by atoms with E-state index in [9.17, 15) is 19.2 Å². The molecule has 0 radical (unpaired) electrons. The predicted molar refractivity (Wildman–Crippen MR) is 73.1 cm³/mol. The number of hydrogen-bond acceptors (Lipinski definition) is 4. The maximum absolute atomic E-state index is 11.2. The van der Waals surface area contributed by atoms with Crippen LogP contribution in [0.4, 0.5) is 19.2 Å². The van der Waals surface area contributed by atoms with E-state index >= 15 is 0 Å². The monoisotopic (exact) mass is 304 g/mol. The second-order valence-corrected chi connectivity index (χ2v) is 3.41. The van der Waals surface area contributed by atoms with Crippen molar-refractivity contribution in [1.29, 1.82) is 0 Å². The van der Waals surface area contributed by atoms with E-state index in [-0.39, 0.29) is 20.0 Å². The first kappa shape index (κ1) is 18.1. The average Bonchev–Trinajstić information content (AvgIpc) is 2.46. The molecule has 120 valence electrons. The van der Waals surface area contributed by atoms with Crippen molar-refractivity contribution in [2.75, 3.05) is 34.1 Å². The van der Waals surface area contributed by atoms with Crippen LogP contribution in [-0.4, -0.2) is 58.2 Å². The maximum Gasteiger partial charge on any atom is 0.317 e. The molecule has 0 fully saturated rings. The fraction of sp³-hybridized carbons (Fsp3) is 0.556. The summed E-state index contributed by atoms with van der Waals surface area (Å²) in [5.74, 6) is 0. The summed E-state index contributed by atoms with van der Waals surface area (Å²) >= 11 is 0. The van der Waals surface area contributed by atoms with Gasteiger partial charge in [0.05, 0.1) is 20.0 Å². The van der Waals surface area contributed by atoms with Gasteiger partial charge < -0.3 is 42.5 Å². The lowest BCUT2D eigenvalue weighted by Crippen LogP contribution is -2.50. The largest absolute Gasteiger partial charge is 0.341 e. The molecule has 0 rings (SSSR count). The molecule has 21 heavy (non-hydrogen) atoms. The number of rotatable bonds is 6. The Hall–Kier alpha value is -2.92. The number of carbonyl (C=O) groups excluding carboxylic acids is 4. The highest BCUT2D eigenvalue weighted by molar-refractivity contribution is 5.78. The molecule has 8 N–H and O–H groups in total. The van der Waals surface area contributed by atoms with Crippen LogP contribution in [0, 0.1) is 0 Å². The lowest BCUT2D eigenvalue weighted by Gasteiger charge is -2.10. The first-order chi connectivity index (χ1) is 9.99. The van der Waals surface area contributed by atoms with Gasteiger partial charge in [0.25, 0.3) is 0 Å². The molecule has 0 aromatic carbocycles. The van der Waals surface area contributed by atoms with E-state index in [0.717, 1.165) is 0 Å². The molecule has 0 unspecified atom stereocenters. The summed E-state index contributed by atoms with van der Waals surface area (Å²) in [5.41, 5.74) is 0. The van der Waals surface area contributed by atoms with Crippen LogP contribution in [0.25, 0.3) is 0 Å². The standard InChI is InChI=1S/C9H20N8O4/c1-10-6(18)12-3-14-8(20)16-5-17-9(21)15-4-13-7(19)11-2/h3-5H2,1-2H3,(H2,10,12,18)(H2,11,13,19)(H2,14,16,20)(H2,15,17,21). The summed E-state index contributed by atoms with van der Waals surface area (Å²) in [6.07, 6.45) is 0. The van der Waals surface area contributed by atoms with Gasteiger partial charge >= 0.3 is 24.1 Å². The topological polar surface area (TPSA) is 165 Å². The summed E-state index contributed by atoms with van der Waals surface area (Å²) in [6, 6.07) is -2.02. The van der Waals surface area contributed by atoms with Crippen molar-refractivity contribution in [2.45, 2.75) is 0 Å². The molecule has 0 aliphatic heterocycles. The van der Waals surface area contributed by atoms with Gasteiger partial charge in [-0.25, -0.2) is 19.2 Å². The molecular weight excluding hydrogens is 284 g/mol. The third kappa shape index (κ3) is 10.7. The normalized spacial score (nSPS) is 8.86. The minimum Gasteiger partial charge on any atom is -0.341 e. The Morgan fingerprint density at radius 1 is 0.524 bits per heavy atom. The van der Waals surface area contributed by atoms with Crippen LogP contribution in [0.3, 0.4) is 0 Å². The van der Waals surface area contributed by atoms with Crippen LogP contribution in [-0.2, 0) is 0 Å². The summed E-state index contributed by atoms with van der Waals surface area (Å²) < 4.78 is 0. The minimum absolute atomic E-state index is 0.0618. The highest BCUT2D eigenvalue weighted by Crippen LogP contribution is 1.66. The first-order valence-corrected chi connectivity index (χ1v) is 5.94. The Morgan fingerprint density at radius 3 is 1.00 bits per heavy atom. The van der Waals surface area contributed by atoms with Gasteiger partial charge in [0.15, 0.2) is 0 Å². The lowest BCUT2D eigenvalue weighted by molar-refractivity contribution is 0.232. The zero-order valence-corrected chi connectivity index (χ0v) is 11.8. The number of carbonyl (C=O) groups is 4. The molecule has 0 saturated carbocycles. The van der Waals surface area contributed by atoms with E-state index < -0.39 is 24.1 Å². The van der Waals surface area contributed by atoms with Crippen molar-refractivity contribution in [2.24, 2.45) is 0 Å². The Morgan fingerprint density at radius 2 is 0.762 bits per heavy atom. The van der Waals surface area contributed by atoms with Crippen molar-refractivity contribution in [3.8, 4) is 0 Å². The second-order valence-electron chi connectivity index (χ2n) is 3.41. The second kappa shape index (κ2) is 11.0. The Labute approximate surface area is 121 Å². The van der Waals surface area contributed by atoms with E-state index in [2.05, 4.69) is 42.5 Å². The summed E-state index contributed by atoms with van der Waals surface area (Å²) in [6.45, 7) is -0.251. The van der Waals surface area contributed by atoms with E-state index in [1.807, 2.05) is 0 Å². The molecular formula is C9H20N8O4. The quantitative estimate of drug-likeness (QED) is 0.251. The number of amides is 8. The molecule has 0 atom stereocenters. The third-order valence-corrected chi connectivity index (χ3v) is 1.95. The molecule has 12 nitrogen and oxygen atoms in total. The fourth-order valence-corrected chi connectivity index (χ4v) is 0.916. The fourth-order valence-electron chi connectivity index (χ4n) is 0.916. The van der Waals surface area contributed by atoms with Gasteiger partial charge in [-0.15, -0.1) is 0 Å². The number of nitrogens with one attached hydrogen (secondary N) is 8. The van der Waals surface area contributed by atoms with Crippen molar-refractivity contribution < 1.29 is 19.2 Å². The Balaban J connectivity index is 3.55. The van der Waals surface area contributed by atoms with Gasteiger partial charge in [0, 0.05) is 14.1 Å². The molecule has 12 heteroatoms. The van der Waals surface area contributed by atoms with Crippen LogP contribution in [0.1, 0.15) is 0 Å². The number of urea groups is 4. The van der Waals surface area contributed by atoms with Crippen LogP contribution in [0.5, 0.6) is 0 Å². The molecule has 0 aromatic rings. The zero-order chi connectivity index (χ0) is 16.1. The van der Waals surface area contributed by atoms with Crippen molar-refractivity contribution in [3.63, 3.8) is 0 Å². The summed E-state index contributed by atoms with van der Waals surface area (Å²) in [7, 11) is 2.88. The smallest absolute Gasteiger partial charge is 0.317 e. The van der Waals surface area contributed by atoms with Crippen LogP contribution >= 0.6 is 0 Å². The van der Waals surface area contributed by atoms with Gasteiger partial charge in [-0.3, -0.25) is 0 Å². The third-order valence-electron chi connectivity index (χ3n) is 1.95. The Bertz CT molecular complexity index is 341. The van der Waals surface area contributed by atoms with Gasteiger partial charge in [-0.2, -0.15) is 0 Å². The zero-order valence-electron chi connectivity index (χ0n) is 11.8. The Kier molecular flexibility index (Phi) is 9.43. The summed E-state index contributed by atoms with van der Waals surface area (Å²) in [5, 5.41) is 18.6. The van der Waals surface area contributed by atoms with Crippen molar-refractivity contribution in [3.05, 3.63) is 0 Å². The van der Waals surface area contributed by atoms with Crippen molar-refractivity contribution >= 4 is 24.1 Å². The molecule has 0 heterocycles. The minimum atomic E-state index is -0.574. The summed E-state index contributed by atoms with van der Waals surface area (Å²) in [4.78, 5) is 44.0. The molecule has 0 aliphatic rings. The predicted octanol–water partition coefficient (Wildman–Crippen LogP) is -2.68. The van der Waals surface area contributed by atoms with E-state index in [1.54, 1.807) is 0 Å². The van der Waals surface area contributed by atoms with E-state index in [0.29, 0.717) is 0 Å². The lowest BCUT2D eigenvalue weighted by atomic mass is 10.8. The van der Waals surface area contributed by atoms with Crippen molar-refractivity contribution in [1.82, 2.24) is 42.5 Å². The number of hydrogen-bond donors (Lipinski definition) is 8. The van der Waals surface area contributed by atoms with Crippen LogP contribution in [0.2, 0.25) is 0 Å². The van der Waals surface area contributed by atoms with E-state index in [1.165, 1.54) is 14.1 Å². The molecule has 0 saturated heterocycles. The molecule has 0 spiro atoms. The maximum atomic E-state index is 11.2. The van der Waals surface area contributed by atoms with Gasteiger partial charge in [-0.05, 0) is 0 Å². The van der Waals surface area contributed by atoms with Gasteiger partial charge in [-0.1, -0.05) is 0 Å². The first-order valence-electron chi connectivity index (χ1n) is 5.94. The van der Waals surface area contributed by atoms with E-state index in [4.69, 9.17) is 0 Å². The molecule has 0 bridgehead atoms. The van der Waals surface area contributed by atoms with Crippen LogP contribution in [0.15, 0.2) is 0 Å². The van der Waals surface area contributed by atoms with Crippen LogP contribution < -0.4 is 42.5 Å². The van der Waals surface area contributed by atoms with Gasteiger partial charge in [0.2, 0.25) is 0 Å². The molecule has 8 amide bonds. The molecule has 0 aliphatic carbocycles. The van der Waals surface area contributed by atoms with Gasteiger partial charge in [0.1, 0.15) is 0 Å². The highest BCUT2D eigenvalue weighted by Gasteiger charge is 2.02. The average molecular weight is 304 g/mol. The molecule has 0 aromatic heterocycles.